The van der Waals surface area contributed by atoms with Crippen LogP contribution >= 0.6 is 0 Å². The second kappa shape index (κ2) is 8.36. The quantitative estimate of drug-likeness (QED) is 0.572. The molecule has 0 heterocycles. The highest BCUT2D eigenvalue weighted by Gasteiger charge is 1.99. The van der Waals surface area contributed by atoms with Gasteiger partial charge in [0.2, 0.25) is 0 Å². The first-order valence-corrected chi connectivity index (χ1v) is 2.76. The lowest BCUT2D eigenvalue weighted by atomic mass is 10.2. The van der Waals surface area contributed by atoms with Crippen molar-refractivity contribution in [3.05, 3.63) is 0 Å². The van der Waals surface area contributed by atoms with Crippen LogP contribution in [0, 0.1) is 10.8 Å². The second-order valence-corrected chi connectivity index (χ2v) is 1.64. The van der Waals surface area contributed by atoms with Crippen LogP contribution in [0.2, 0.25) is 0 Å². The molecule has 0 aromatic carbocycles. The summed E-state index contributed by atoms with van der Waals surface area (Å²) in [6, 6.07) is 0. The molecule has 0 amide bonds. The molecule has 0 radical (unpaired) electrons. The van der Waals surface area contributed by atoms with Gasteiger partial charge >= 0.3 is 11.9 Å². The van der Waals surface area contributed by atoms with Gasteiger partial charge in [0.25, 0.3) is 0 Å². The maximum absolute atomic E-state index is 9.79. The Morgan fingerprint density at radius 1 is 1.00 bits per heavy atom. The fraction of sp³-hybridized carbons (Fsp3) is 0.600. The van der Waals surface area contributed by atoms with Crippen LogP contribution in [0.1, 0.15) is 19.3 Å². The number of carbonyl (C=O) groups is 2. The first kappa shape index (κ1) is 12.1. The smallest absolute Gasteiger partial charge is 0.303 e. The molecule has 0 aromatic rings. The molecule has 0 rings (SSSR count). The number of nitrogens with zero attached hydrogens (tertiary/aromatic N) is 2. The Labute approximate surface area is 62.9 Å². The second-order valence-electron chi connectivity index (χ2n) is 1.64. The van der Waals surface area contributed by atoms with Crippen LogP contribution < -0.4 is 0 Å². The number of hydrogen-bond acceptors (Lipinski definition) is 4. The summed E-state index contributed by atoms with van der Waals surface area (Å²) in [7, 11) is 0. The van der Waals surface area contributed by atoms with Crippen LogP contribution in [0.5, 0.6) is 0 Å². The highest BCUT2D eigenvalue weighted by molar-refractivity contribution is 5.69. The van der Waals surface area contributed by atoms with Crippen molar-refractivity contribution in [1.29, 1.82) is 10.8 Å². The van der Waals surface area contributed by atoms with Gasteiger partial charge in [0.05, 0.1) is 0 Å². The summed E-state index contributed by atoms with van der Waals surface area (Å²) >= 11 is 0. The van der Waals surface area contributed by atoms with Crippen LogP contribution in [0.15, 0.2) is 0 Å². The van der Waals surface area contributed by atoms with Gasteiger partial charge in [-0.25, -0.2) is 0 Å². The zero-order valence-electron chi connectivity index (χ0n) is 5.73. The molecule has 0 bridgehead atoms. The Morgan fingerprint density at radius 2 is 1.27 bits per heavy atom. The zero-order valence-corrected chi connectivity index (χ0v) is 5.73. The summed E-state index contributed by atoms with van der Waals surface area (Å²) in [5, 5.41) is 28.1. The van der Waals surface area contributed by atoms with E-state index in [9.17, 15) is 9.59 Å². The van der Waals surface area contributed by atoms with E-state index in [0.717, 1.165) is 0 Å². The molecule has 0 aliphatic rings. The third-order valence-electron chi connectivity index (χ3n) is 0.781. The maximum Gasteiger partial charge on any atom is 0.303 e. The minimum Gasteiger partial charge on any atom is -0.481 e. The Morgan fingerprint density at radius 3 is 1.45 bits per heavy atom. The Kier molecular flexibility index (Phi) is 9.18. The first-order chi connectivity index (χ1) is 5.13. The van der Waals surface area contributed by atoms with E-state index in [-0.39, 0.29) is 19.3 Å². The minimum absolute atomic E-state index is 0.0632. The minimum atomic E-state index is -0.948. The fourth-order valence-corrected chi connectivity index (χ4v) is 0.391. The first-order valence-electron chi connectivity index (χ1n) is 2.76. The molecule has 0 atom stereocenters. The molecule has 2 N–H and O–H groups in total. The van der Waals surface area contributed by atoms with Gasteiger partial charge in [0.15, 0.2) is 0 Å². The van der Waals surface area contributed by atoms with E-state index in [2.05, 4.69) is 0 Å². The lowest BCUT2D eigenvalue weighted by Crippen LogP contribution is -1.98. The van der Waals surface area contributed by atoms with Crippen molar-refractivity contribution in [2.45, 2.75) is 19.3 Å². The Balaban J connectivity index is 0. The van der Waals surface area contributed by atoms with E-state index in [1.165, 1.54) is 0 Å². The van der Waals surface area contributed by atoms with Crippen LogP contribution in [0.4, 0.5) is 0 Å². The third kappa shape index (κ3) is 17.8. The summed E-state index contributed by atoms with van der Waals surface area (Å²) in [6.45, 7) is 0. The van der Waals surface area contributed by atoms with Gasteiger partial charge in [0, 0.05) is 23.6 Å². The third-order valence-corrected chi connectivity index (χ3v) is 0.781. The molecule has 6 nitrogen and oxygen atoms in total. The number of hydrogen-bond donors (Lipinski definition) is 2. The summed E-state index contributed by atoms with van der Waals surface area (Å²) < 4.78 is 0. The van der Waals surface area contributed by atoms with E-state index in [1.54, 1.807) is 0 Å². The van der Waals surface area contributed by atoms with Crippen molar-refractivity contribution >= 4 is 11.9 Å². The van der Waals surface area contributed by atoms with Crippen LogP contribution in [-0.2, 0) is 9.59 Å². The fourth-order valence-electron chi connectivity index (χ4n) is 0.391. The van der Waals surface area contributed by atoms with Crippen LogP contribution in [0.3, 0.4) is 0 Å². The molecule has 0 aliphatic carbocycles. The summed E-state index contributed by atoms with van der Waals surface area (Å²) in [5.41, 5.74) is 0. The molecule has 62 valence electrons. The van der Waals surface area contributed by atoms with Crippen LogP contribution in [-0.4, -0.2) is 22.2 Å². The standard InChI is InChI=1S/C5H8O4.N2/c6-4(7)2-1-3-5(8)9;1-2/h1-3H2,(H,6,7)(H,8,9);. The van der Waals surface area contributed by atoms with Gasteiger partial charge < -0.3 is 10.2 Å². The summed E-state index contributed by atoms with van der Waals surface area (Å²) in [6.07, 6.45) is 0.0866. The van der Waals surface area contributed by atoms with Gasteiger partial charge in [-0.15, -0.1) is 0 Å². The molecule has 0 aliphatic heterocycles. The lowest BCUT2D eigenvalue weighted by Gasteiger charge is -1.89. The molecular formula is C5H8N2O4. The topological polar surface area (TPSA) is 122 Å². The number of carboxylic acid groups (broad SMARTS) is 2. The normalized spacial score (nSPS) is 7.45. The molecule has 0 unspecified atom stereocenters. The molecule has 0 aromatic heterocycles. The maximum atomic E-state index is 9.79. The van der Waals surface area contributed by atoms with E-state index in [4.69, 9.17) is 21.0 Å². The molecule has 6 heteroatoms. The van der Waals surface area contributed by atoms with E-state index >= 15 is 0 Å². The van der Waals surface area contributed by atoms with Gasteiger partial charge in [-0.2, -0.15) is 0 Å². The van der Waals surface area contributed by atoms with Gasteiger partial charge in [-0.05, 0) is 6.42 Å². The molecule has 0 spiro atoms. The van der Waals surface area contributed by atoms with E-state index in [1.807, 2.05) is 0 Å². The average Bonchev–Trinajstić information content (AvgIpc) is 1.90. The van der Waals surface area contributed by atoms with Gasteiger partial charge in [-0.3, -0.25) is 9.59 Å². The average molecular weight is 160 g/mol. The van der Waals surface area contributed by atoms with Crippen LogP contribution in [0.25, 0.3) is 0 Å². The highest BCUT2D eigenvalue weighted by Crippen LogP contribution is 1.93. The monoisotopic (exact) mass is 160 g/mol. The van der Waals surface area contributed by atoms with E-state index in [0.29, 0.717) is 0 Å². The molecular weight excluding hydrogens is 152 g/mol. The predicted octanol–water partition coefficient (Wildman–Crippen LogP) is 0.356. The van der Waals surface area contributed by atoms with Crippen molar-refractivity contribution in [2.75, 3.05) is 0 Å². The number of aliphatic carboxylic acids is 2. The molecule has 0 saturated heterocycles. The Hall–Kier alpha value is -1.64. The zero-order chi connectivity index (χ0) is 9.28. The summed E-state index contributed by atoms with van der Waals surface area (Å²) in [5.74, 6) is -1.90. The number of rotatable bonds is 4. The Bertz CT molecular complexity index is 140. The number of carboxylic acids is 2. The van der Waals surface area contributed by atoms with Gasteiger partial charge in [-0.1, -0.05) is 0 Å². The van der Waals surface area contributed by atoms with Crippen molar-refractivity contribution in [3.63, 3.8) is 0 Å². The lowest BCUT2D eigenvalue weighted by molar-refractivity contribution is -0.138. The SMILES string of the molecule is N#N.O=C(O)CCCC(=O)O. The molecule has 0 fully saturated rings. The van der Waals surface area contributed by atoms with Crippen molar-refractivity contribution in [1.82, 2.24) is 0 Å². The highest BCUT2D eigenvalue weighted by atomic mass is 16.4. The van der Waals surface area contributed by atoms with Crippen molar-refractivity contribution in [2.24, 2.45) is 0 Å². The predicted molar refractivity (Wildman–Crippen MR) is 32.6 cm³/mol. The molecule has 11 heavy (non-hydrogen) atoms. The van der Waals surface area contributed by atoms with Crippen molar-refractivity contribution in [3.8, 4) is 0 Å². The van der Waals surface area contributed by atoms with Crippen molar-refractivity contribution < 1.29 is 19.8 Å². The van der Waals surface area contributed by atoms with E-state index < -0.39 is 11.9 Å². The largest absolute Gasteiger partial charge is 0.481 e. The van der Waals surface area contributed by atoms with Gasteiger partial charge in [0.1, 0.15) is 0 Å². The molecule has 0 saturated carbocycles. The summed E-state index contributed by atoms with van der Waals surface area (Å²) in [4.78, 5) is 19.6.